The van der Waals surface area contributed by atoms with Gasteiger partial charge in [0.1, 0.15) is 6.61 Å². The minimum Gasteiger partial charge on any atom is -0.463 e. The van der Waals surface area contributed by atoms with E-state index in [0.717, 1.165) is 18.6 Å². The number of alkyl halides is 2. The van der Waals surface area contributed by atoms with Crippen molar-refractivity contribution in [2.24, 2.45) is 5.73 Å². The minimum atomic E-state index is -0.421. The minimum absolute atomic E-state index is 0.194. The summed E-state index contributed by atoms with van der Waals surface area (Å²) >= 11 is 9.53. The molecule has 0 saturated heterocycles. The van der Waals surface area contributed by atoms with Crippen LogP contribution in [0, 0.1) is 0 Å². The standard InChI is InChI=1S/C6H10O2.C5H9NO2.CH2Cl2/c1-3-5-8-6(7)4-2;1-2-5(7)8-4-3-6;2-1-3/h4H,2-3,5H2,1H3;2H,1,3-4,6H2;1H2. The highest BCUT2D eigenvalue weighted by Crippen LogP contribution is 1.81. The smallest absolute Gasteiger partial charge is 0.330 e. The lowest BCUT2D eigenvalue weighted by Gasteiger charge is -1.94. The van der Waals surface area contributed by atoms with E-state index < -0.39 is 5.97 Å². The van der Waals surface area contributed by atoms with Crippen LogP contribution in [-0.4, -0.2) is 37.0 Å². The molecule has 0 radical (unpaired) electrons. The van der Waals surface area contributed by atoms with Crippen LogP contribution in [0.1, 0.15) is 13.3 Å². The Morgan fingerprint density at radius 2 is 1.47 bits per heavy atom. The first-order chi connectivity index (χ1) is 9.03. The number of esters is 2. The Hall–Kier alpha value is -1.04. The summed E-state index contributed by atoms with van der Waals surface area (Å²) < 4.78 is 9.04. The van der Waals surface area contributed by atoms with E-state index in [9.17, 15) is 9.59 Å². The molecule has 0 unspecified atom stereocenters. The van der Waals surface area contributed by atoms with Gasteiger partial charge < -0.3 is 15.2 Å². The highest BCUT2D eigenvalue weighted by atomic mass is 35.5. The molecular weight excluding hydrogens is 293 g/mol. The van der Waals surface area contributed by atoms with Crippen molar-refractivity contribution in [2.75, 3.05) is 25.1 Å². The van der Waals surface area contributed by atoms with Gasteiger partial charge in [0, 0.05) is 18.7 Å². The summed E-state index contributed by atoms with van der Waals surface area (Å²) in [5.74, 6) is -0.762. The average molecular weight is 314 g/mol. The average Bonchev–Trinajstić information content (AvgIpc) is 2.43. The van der Waals surface area contributed by atoms with Gasteiger partial charge in [-0.3, -0.25) is 0 Å². The lowest BCUT2D eigenvalue weighted by Crippen LogP contribution is -2.11. The molecule has 7 heteroatoms. The molecular formula is C12H21Cl2NO4. The largest absolute Gasteiger partial charge is 0.463 e. The molecule has 0 atom stereocenters. The van der Waals surface area contributed by atoms with Gasteiger partial charge >= 0.3 is 11.9 Å². The number of hydrogen-bond acceptors (Lipinski definition) is 5. The third-order valence-electron chi connectivity index (χ3n) is 1.14. The SMILES string of the molecule is C=CC(=O)OCCC.C=CC(=O)OCCN.ClCCl. The molecule has 0 aliphatic heterocycles. The van der Waals surface area contributed by atoms with E-state index in [2.05, 4.69) is 22.6 Å². The number of rotatable bonds is 6. The number of ether oxygens (including phenoxy) is 2. The van der Waals surface area contributed by atoms with Crippen molar-refractivity contribution in [3.05, 3.63) is 25.3 Å². The summed E-state index contributed by atoms with van der Waals surface area (Å²) in [5.41, 5.74) is 5.02. The maximum Gasteiger partial charge on any atom is 0.330 e. The Labute approximate surface area is 124 Å². The molecule has 0 bridgehead atoms. The quantitative estimate of drug-likeness (QED) is 0.462. The van der Waals surface area contributed by atoms with E-state index in [1.54, 1.807) is 0 Å². The number of carbonyl (C=O) groups is 2. The molecule has 5 nitrogen and oxygen atoms in total. The number of halogens is 2. The molecule has 0 amide bonds. The van der Waals surface area contributed by atoms with E-state index in [1.807, 2.05) is 6.92 Å². The van der Waals surface area contributed by atoms with Crippen molar-refractivity contribution in [3.8, 4) is 0 Å². The molecule has 0 aromatic rings. The first kappa shape index (κ1) is 23.1. The van der Waals surface area contributed by atoms with Gasteiger partial charge in [-0.1, -0.05) is 20.1 Å². The number of nitrogens with two attached hydrogens (primary N) is 1. The van der Waals surface area contributed by atoms with Crippen LogP contribution in [0.15, 0.2) is 25.3 Å². The second-order valence-electron chi connectivity index (χ2n) is 2.63. The highest BCUT2D eigenvalue weighted by molar-refractivity contribution is 6.40. The summed E-state index contributed by atoms with van der Waals surface area (Å²) in [7, 11) is 0. The fourth-order valence-corrected chi connectivity index (χ4v) is 0.480. The molecule has 0 aliphatic rings. The van der Waals surface area contributed by atoms with Gasteiger partial charge in [0.05, 0.1) is 11.9 Å². The fourth-order valence-electron chi connectivity index (χ4n) is 0.480. The van der Waals surface area contributed by atoms with Crippen LogP contribution in [0.2, 0.25) is 0 Å². The zero-order valence-corrected chi connectivity index (χ0v) is 12.6. The second kappa shape index (κ2) is 22.2. The van der Waals surface area contributed by atoms with E-state index in [1.165, 1.54) is 0 Å². The molecule has 112 valence electrons. The zero-order valence-electron chi connectivity index (χ0n) is 11.1. The highest BCUT2D eigenvalue weighted by Gasteiger charge is 1.90. The molecule has 19 heavy (non-hydrogen) atoms. The Morgan fingerprint density at radius 1 is 1.11 bits per heavy atom. The summed E-state index contributed by atoms with van der Waals surface area (Å²) in [6.07, 6.45) is 3.13. The van der Waals surface area contributed by atoms with E-state index in [0.29, 0.717) is 13.2 Å². The van der Waals surface area contributed by atoms with Gasteiger partial charge in [0.15, 0.2) is 0 Å². The first-order valence-electron chi connectivity index (χ1n) is 5.44. The lowest BCUT2D eigenvalue weighted by molar-refractivity contribution is -0.138. The van der Waals surface area contributed by atoms with Crippen LogP contribution in [-0.2, 0) is 19.1 Å². The topological polar surface area (TPSA) is 78.6 Å². The van der Waals surface area contributed by atoms with Crippen molar-refractivity contribution in [2.45, 2.75) is 13.3 Å². The van der Waals surface area contributed by atoms with Crippen molar-refractivity contribution in [1.29, 1.82) is 0 Å². The van der Waals surface area contributed by atoms with Crippen LogP contribution in [0.3, 0.4) is 0 Å². The normalized spacial score (nSPS) is 7.79. The molecule has 0 fully saturated rings. The zero-order chi connectivity index (χ0) is 15.5. The van der Waals surface area contributed by atoms with Crippen molar-refractivity contribution in [1.82, 2.24) is 0 Å². The molecule has 0 aromatic carbocycles. The number of carbonyl (C=O) groups excluding carboxylic acids is 2. The monoisotopic (exact) mass is 313 g/mol. The summed E-state index contributed by atoms with van der Waals surface area (Å²) in [6, 6.07) is 0. The molecule has 2 N–H and O–H groups in total. The maximum absolute atomic E-state index is 10.2. The van der Waals surface area contributed by atoms with Gasteiger partial charge in [-0.25, -0.2) is 9.59 Å². The van der Waals surface area contributed by atoms with Crippen molar-refractivity contribution in [3.63, 3.8) is 0 Å². The molecule has 0 spiro atoms. The van der Waals surface area contributed by atoms with Gasteiger partial charge in [-0.15, -0.1) is 23.2 Å². The predicted molar refractivity (Wildman–Crippen MR) is 78.2 cm³/mol. The fraction of sp³-hybridized carbons (Fsp3) is 0.500. The van der Waals surface area contributed by atoms with Crippen LogP contribution in [0.25, 0.3) is 0 Å². The Balaban J connectivity index is -0.000000224. The van der Waals surface area contributed by atoms with Gasteiger partial charge in [0.25, 0.3) is 0 Å². The molecule has 0 aliphatic carbocycles. The molecule has 0 aromatic heterocycles. The van der Waals surface area contributed by atoms with E-state index in [4.69, 9.17) is 28.9 Å². The maximum atomic E-state index is 10.2. The summed E-state index contributed by atoms with van der Waals surface area (Å²) in [5, 5.41) is 0.194. The molecule has 0 saturated carbocycles. The van der Waals surface area contributed by atoms with Gasteiger partial charge in [-0.05, 0) is 6.42 Å². The predicted octanol–water partition coefficient (Wildman–Crippen LogP) is 2.22. The van der Waals surface area contributed by atoms with Crippen LogP contribution >= 0.6 is 23.2 Å². The Morgan fingerprint density at radius 3 is 1.74 bits per heavy atom. The Bertz CT molecular complexity index is 224. The third kappa shape index (κ3) is 31.6. The number of hydrogen-bond donors (Lipinski definition) is 1. The second-order valence-corrected chi connectivity index (χ2v) is 3.44. The van der Waals surface area contributed by atoms with Crippen LogP contribution in [0.4, 0.5) is 0 Å². The first-order valence-corrected chi connectivity index (χ1v) is 6.51. The van der Waals surface area contributed by atoms with Crippen LogP contribution < -0.4 is 5.73 Å². The summed E-state index contributed by atoms with van der Waals surface area (Å²) in [6.45, 7) is 9.50. The van der Waals surface area contributed by atoms with Gasteiger partial charge in [-0.2, -0.15) is 0 Å². The molecule has 0 heterocycles. The van der Waals surface area contributed by atoms with Crippen molar-refractivity contribution >= 4 is 35.1 Å². The summed E-state index contributed by atoms with van der Waals surface area (Å²) in [4.78, 5) is 20.4. The van der Waals surface area contributed by atoms with E-state index in [-0.39, 0.29) is 17.9 Å². The van der Waals surface area contributed by atoms with Gasteiger partial charge in [0.2, 0.25) is 0 Å². The van der Waals surface area contributed by atoms with Crippen molar-refractivity contribution < 1.29 is 19.1 Å². The third-order valence-corrected chi connectivity index (χ3v) is 1.14. The Kier molecular flexibility index (Phi) is 26.9. The van der Waals surface area contributed by atoms with E-state index >= 15 is 0 Å². The van der Waals surface area contributed by atoms with Crippen LogP contribution in [0.5, 0.6) is 0 Å². The lowest BCUT2D eigenvalue weighted by atomic mass is 10.5. The molecule has 0 rings (SSSR count).